The van der Waals surface area contributed by atoms with Crippen molar-refractivity contribution in [1.29, 1.82) is 0 Å². The van der Waals surface area contributed by atoms with E-state index in [0.717, 1.165) is 36.7 Å². The van der Waals surface area contributed by atoms with E-state index >= 15 is 0 Å². The van der Waals surface area contributed by atoms with E-state index in [2.05, 4.69) is 19.9 Å². The van der Waals surface area contributed by atoms with Crippen LogP contribution >= 0.6 is 0 Å². The first kappa shape index (κ1) is 22.2. The third-order valence-corrected chi connectivity index (χ3v) is 7.10. The van der Waals surface area contributed by atoms with Gasteiger partial charge in [-0.15, -0.1) is 0 Å². The van der Waals surface area contributed by atoms with Crippen LogP contribution in [-0.2, 0) is 11.3 Å². The van der Waals surface area contributed by atoms with Crippen LogP contribution in [0.15, 0.2) is 35.3 Å². The molecule has 0 bridgehead atoms. The lowest BCUT2D eigenvalue weighted by Gasteiger charge is -2.38. The Bertz CT molecular complexity index is 1220. The number of carbonyl (C=O) groups is 1. The van der Waals surface area contributed by atoms with Crippen molar-refractivity contribution < 1.29 is 14.6 Å². The Kier molecular flexibility index (Phi) is 6.12. The predicted molar refractivity (Wildman–Crippen MR) is 127 cm³/mol. The van der Waals surface area contributed by atoms with Crippen LogP contribution in [0.25, 0.3) is 11.0 Å². The topological polar surface area (TPSA) is 117 Å². The fourth-order valence-electron chi connectivity index (χ4n) is 5.16. The van der Waals surface area contributed by atoms with Crippen molar-refractivity contribution in [3.8, 4) is 11.6 Å². The van der Waals surface area contributed by atoms with Gasteiger partial charge in [0.05, 0.1) is 18.1 Å². The Hall–Kier alpha value is -3.56. The highest BCUT2D eigenvalue weighted by atomic mass is 16.5. The Morgan fingerprint density at radius 3 is 2.65 bits per heavy atom. The van der Waals surface area contributed by atoms with E-state index in [4.69, 9.17) is 4.74 Å². The quantitative estimate of drug-likeness (QED) is 0.591. The van der Waals surface area contributed by atoms with Gasteiger partial charge < -0.3 is 24.6 Å². The maximum absolute atomic E-state index is 13.2. The SMILES string of the molecule is COc1ccnc(N2CCN(C(=O)C3CCC(Cn4c(=O)[nH]c5ccc(O)cc54)CC3)CC2)n1. The van der Waals surface area contributed by atoms with Gasteiger partial charge in [0, 0.05) is 57.0 Å². The summed E-state index contributed by atoms with van der Waals surface area (Å²) in [5, 5.41) is 9.81. The number of phenolic OH excluding ortho intramolecular Hbond substituents is 1. The molecule has 10 nitrogen and oxygen atoms in total. The highest BCUT2D eigenvalue weighted by molar-refractivity contribution is 5.79. The van der Waals surface area contributed by atoms with Crippen molar-refractivity contribution in [1.82, 2.24) is 24.4 Å². The van der Waals surface area contributed by atoms with E-state index in [1.54, 1.807) is 42.1 Å². The minimum absolute atomic E-state index is 0.0413. The van der Waals surface area contributed by atoms with E-state index in [9.17, 15) is 14.7 Å². The molecule has 1 aliphatic heterocycles. The van der Waals surface area contributed by atoms with Gasteiger partial charge in [0.15, 0.2) is 0 Å². The van der Waals surface area contributed by atoms with Crippen LogP contribution < -0.4 is 15.3 Å². The third-order valence-electron chi connectivity index (χ3n) is 7.10. The Balaban J connectivity index is 1.14. The number of imidazole rings is 1. The smallest absolute Gasteiger partial charge is 0.326 e. The van der Waals surface area contributed by atoms with Crippen molar-refractivity contribution in [3.05, 3.63) is 40.9 Å². The summed E-state index contributed by atoms with van der Waals surface area (Å²) < 4.78 is 6.89. The van der Waals surface area contributed by atoms with Gasteiger partial charge in [0.2, 0.25) is 17.7 Å². The summed E-state index contributed by atoms with van der Waals surface area (Å²) >= 11 is 0. The van der Waals surface area contributed by atoms with Crippen LogP contribution in [0.3, 0.4) is 0 Å². The van der Waals surface area contributed by atoms with Gasteiger partial charge in [0.25, 0.3) is 0 Å². The highest BCUT2D eigenvalue weighted by Gasteiger charge is 2.32. The normalized spacial score (nSPS) is 21.1. The highest BCUT2D eigenvalue weighted by Crippen LogP contribution is 2.32. The molecular formula is C24H30N6O4. The van der Waals surface area contributed by atoms with E-state index in [0.29, 0.717) is 50.5 Å². The molecule has 3 heterocycles. The first-order valence-electron chi connectivity index (χ1n) is 11.8. The van der Waals surface area contributed by atoms with Gasteiger partial charge in [-0.2, -0.15) is 4.98 Å². The lowest BCUT2D eigenvalue weighted by molar-refractivity contribution is -0.137. The number of methoxy groups -OCH3 is 1. The van der Waals surface area contributed by atoms with Crippen molar-refractivity contribution in [2.75, 3.05) is 38.2 Å². The van der Waals surface area contributed by atoms with Gasteiger partial charge in [0.1, 0.15) is 5.75 Å². The lowest BCUT2D eigenvalue weighted by atomic mass is 9.81. The number of ether oxygens (including phenoxy) is 1. The number of fused-ring (bicyclic) bond motifs is 1. The number of benzene rings is 1. The second kappa shape index (κ2) is 9.36. The zero-order valence-corrected chi connectivity index (χ0v) is 19.3. The first-order valence-corrected chi connectivity index (χ1v) is 11.8. The third kappa shape index (κ3) is 4.44. The number of anilines is 1. The molecule has 34 heavy (non-hydrogen) atoms. The number of amides is 1. The molecule has 10 heteroatoms. The molecule has 0 spiro atoms. The summed E-state index contributed by atoms with van der Waals surface area (Å²) in [5.41, 5.74) is 1.29. The molecule has 1 saturated heterocycles. The van der Waals surface area contributed by atoms with Crippen LogP contribution in [0, 0.1) is 11.8 Å². The molecule has 3 aromatic rings. The summed E-state index contributed by atoms with van der Waals surface area (Å²) in [6.07, 6.45) is 5.18. The standard InChI is InChI=1S/C24H30N6O4/c1-34-21-8-9-25-23(27-21)29-12-10-28(11-13-29)22(32)17-4-2-16(3-5-17)15-30-20-14-18(31)6-7-19(20)26-24(30)33/h6-9,14,16-17,31H,2-5,10-13,15H2,1H3,(H,26,33). The number of aromatic nitrogens is 4. The van der Waals surface area contributed by atoms with Crippen molar-refractivity contribution in [3.63, 3.8) is 0 Å². The molecular weight excluding hydrogens is 436 g/mol. The number of nitrogens with zero attached hydrogens (tertiary/aromatic N) is 5. The molecule has 2 aromatic heterocycles. The maximum Gasteiger partial charge on any atom is 0.326 e. The number of aromatic hydroxyl groups is 1. The number of aromatic amines is 1. The minimum atomic E-state index is -0.156. The lowest BCUT2D eigenvalue weighted by Crippen LogP contribution is -2.51. The van der Waals surface area contributed by atoms with Crippen LogP contribution in [0.2, 0.25) is 0 Å². The van der Waals surface area contributed by atoms with Gasteiger partial charge in [-0.3, -0.25) is 9.36 Å². The first-order chi connectivity index (χ1) is 16.5. The van der Waals surface area contributed by atoms with E-state index < -0.39 is 0 Å². The second-order valence-corrected chi connectivity index (χ2v) is 9.17. The second-order valence-electron chi connectivity index (χ2n) is 9.17. The molecule has 180 valence electrons. The molecule has 2 N–H and O–H groups in total. The number of carbonyl (C=O) groups excluding carboxylic acids is 1. The molecule has 1 aliphatic carbocycles. The summed E-state index contributed by atoms with van der Waals surface area (Å²) in [6.45, 7) is 3.32. The molecule has 0 atom stereocenters. The van der Waals surface area contributed by atoms with Crippen LogP contribution in [0.1, 0.15) is 25.7 Å². The van der Waals surface area contributed by atoms with Crippen molar-refractivity contribution in [2.45, 2.75) is 32.2 Å². The average Bonchev–Trinajstić information content (AvgIpc) is 3.18. The molecule has 0 radical (unpaired) electrons. The molecule has 1 saturated carbocycles. The summed E-state index contributed by atoms with van der Waals surface area (Å²) in [6, 6.07) is 6.64. The molecule has 0 unspecified atom stereocenters. The zero-order valence-electron chi connectivity index (χ0n) is 19.3. The van der Waals surface area contributed by atoms with Gasteiger partial charge >= 0.3 is 5.69 Å². The number of piperazine rings is 1. The van der Waals surface area contributed by atoms with Crippen LogP contribution in [0.5, 0.6) is 11.6 Å². The molecule has 1 amide bonds. The van der Waals surface area contributed by atoms with Crippen LogP contribution in [-0.4, -0.2) is 68.7 Å². The van der Waals surface area contributed by atoms with Gasteiger partial charge in [-0.1, -0.05) is 0 Å². The van der Waals surface area contributed by atoms with Crippen molar-refractivity contribution >= 4 is 22.9 Å². The molecule has 2 aliphatic rings. The fraction of sp³-hybridized carbons (Fsp3) is 0.500. The van der Waals surface area contributed by atoms with E-state index in [1.165, 1.54) is 0 Å². The van der Waals surface area contributed by atoms with Gasteiger partial charge in [-0.25, -0.2) is 9.78 Å². The number of hydrogen-bond acceptors (Lipinski definition) is 7. The number of hydrogen-bond donors (Lipinski definition) is 2. The summed E-state index contributed by atoms with van der Waals surface area (Å²) in [5.74, 6) is 1.93. The Morgan fingerprint density at radius 1 is 1.15 bits per heavy atom. The molecule has 2 fully saturated rings. The molecule has 5 rings (SSSR count). The summed E-state index contributed by atoms with van der Waals surface area (Å²) in [4.78, 5) is 41.2. The average molecular weight is 467 g/mol. The van der Waals surface area contributed by atoms with Gasteiger partial charge in [-0.05, 0) is 43.7 Å². The number of rotatable bonds is 5. The number of phenols is 1. The molecule has 1 aromatic carbocycles. The van der Waals surface area contributed by atoms with Crippen LogP contribution in [0.4, 0.5) is 5.95 Å². The maximum atomic E-state index is 13.2. The Morgan fingerprint density at radius 2 is 1.91 bits per heavy atom. The van der Waals surface area contributed by atoms with Crippen molar-refractivity contribution in [2.24, 2.45) is 11.8 Å². The Labute approximate surface area is 197 Å². The number of H-pyrrole nitrogens is 1. The van der Waals surface area contributed by atoms with E-state index in [1.807, 2.05) is 4.90 Å². The largest absolute Gasteiger partial charge is 0.508 e. The monoisotopic (exact) mass is 466 g/mol. The minimum Gasteiger partial charge on any atom is -0.508 e. The fourth-order valence-corrected chi connectivity index (χ4v) is 5.16. The predicted octanol–water partition coefficient (Wildman–Crippen LogP) is 1.99. The summed E-state index contributed by atoms with van der Waals surface area (Å²) in [7, 11) is 1.58. The zero-order chi connectivity index (χ0) is 23.7. The van der Waals surface area contributed by atoms with E-state index in [-0.39, 0.29) is 23.3 Å². The number of nitrogens with one attached hydrogen (secondary N) is 1.